The molecular formula is C14H27ClN2O. The summed E-state index contributed by atoms with van der Waals surface area (Å²) >= 11 is 0. The first kappa shape index (κ1) is 15.8. The molecule has 1 amide bonds. The molecule has 0 bridgehead atoms. The highest BCUT2D eigenvalue weighted by Gasteiger charge is 2.19. The second-order valence-corrected chi connectivity index (χ2v) is 5.67. The van der Waals surface area contributed by atoms with E-state index in [2.05, 4.69) is 10.6 Å². The van der Waals surface area contributed by atoms with Crippen molar-refractivity contribution in [1.82, 2.24) is 10.6 Å². The van der Waals surface area contributed by atoms with Crippen LogP contribution in [0.4, 0.5) is 0 Å². The van der Waals surface area contributed by atoms with E-state index in [0.717, 1.165) is 25.9 Å². The summed E-state index contributed by atoms with van der Waals surface area (Å²) in [5.74, 6) is 0.930. The van der Waals surface area contributed by atoms with E-state index in [1.807, 2.05) is 0 Å². The predicted octanol–water partition coefficient (Wildman–Crippen LogP) is 2.64. The number of piperidine rings is 1. The van der Waals surface area contributed by atoms with Gasteiger partial charge in [0.1, 0.15) is 0 Å². The van der Waals surface area contributed by atoms with Crippen LogP contribution in [-0.4, -0.2) is 25.0 Å². The van der Waals surface area contributed by atoms with E-state index in [1.54, 1.807) is 0 Å². The summed E-state index contributed by atoms with van der Waals surface area (Å²) in [5, 5.41) is 6.52. The molecule has 2 fully saturated rings. The Bertz CT molecular complexity index is 234. The van der Waals surface area contributed by atoms with E-state index in [4.69, 9.17) is 0 Å². The zero-order valence-corrected chi connectivity index (χ0v) is 12.1. The number of rotatable bonds is 3. The van der Waals surface area contributed by atoms with Crippen LogP contribution in [0.1, 0.15) is 57.8 Å². The van der Waals surface area contributed by atoms with E-state index in [0.29, 0.717) is 12.0 Å². The third-order valence-corrected chi connectivity index (χ3v) is 4.11. The number of carbonyl (C=O) groups excluding carboxylic acids is 1. The smallest absolute Gasteiger partial charge is 0.220 e. The molecule has 2 N–H and O–H groups in total. The van der Waals surface area contributed by atoms with Crippen molar-refractivity contribution in [2.75, 3.05) is 13.1 Å². The molecule has 0 radical (unpaired) electrons. The van der Waals surface area contributed by atoms with Crippen LogP contribution in [0.3, 0.4) is 0 Å². The highest BCUT2D eigenvalue weighted by Crippen LogP contribution is 2.25. The molecule has 0 aromatic heterocycles. The Hall–Kier alpha value is -0.280. The second kappa shape index (κ2) is 8.76. The first-order valence-corrected chi connectivity index (χ1v) is 7.34. The van der Waals surface area contributed by atoms with Gasteiger partial charge in [0.15, 0.2) is 0 Å². The molecule has 0 aromatic carbocycles. The van der Waals surface area contributed by atoms with Crippen LogP contribution in [0, 0.1) is 5.92 Å². The minimum absolute atomic E-state index is 0. The molecule has 1 saturated heterocycles. The minimum atomic E-state index is 0. The number of hydrogen-bond acceptors (Lipinski definition) is 2. The average molecular weight is 275 g/mol. The zero-order chi connectivity index (χ0) is 11.9. The molecule has 4 heteroatoms. The fourth-order valence-corrected chi connectivity index (χ4v) is 3.09. The largest absolute Gasteiger partial charge is 0.352 e. The van der Waals surface area contributed by atoms with Crippen LogP contribution in [0.5, 0.6) is 0 Å². The molecule has 1 aliphatic heterocycles. The van der Waals surface area contributed by atoms with Gasteiger partial charge in [-0.15, -0.1) is 12.4 Å². The lowest BCUT2D eigenvalue weighted by Gasteiger charge is -2.24. The van der Waals surface area contributed by atoms with Crippen molar-refractivity contribution >= 4 is 18.3 Å². The van der Waals surface area contributed by atoms with Gasteiger partial charge in [-0.25, -0.2) is 0 Å². The SMILES string of the molecule is Cl.O=C(CC1CCCCCC1)N[C@H]1CCCNC1. The summed E-state index contributed by atoms with van der Waals surface area (Å²) < 4.78 is 0. The molecule has 2 rings (SSSR count). The van der Waals surface area contributed by atoms with Gasteiger partial charge in [-0.3, -0.25) is 4.79 Å². The topological polar surface area (TPSA) is 41.1 Å². The zero-order valence-electron chi connectivity index (χ0n) is 11.2. The average Bonchev–Trinajstić information content (AvgIpc) is 2.59. The Morgan fingerprint density at radius 1 is 1.06 bits per heavy atom. The van der Waals surface area contributed by atoms with Crippen molar-refractivity contribution < 1.29 is 4.79 Å². The monoisotopic (exact) mass is 274 g/mol. The van der Waals surface area contributed by atoms with E-state index in [1.165, 1.54) is 44.9 Å². The molecule has 0 unspecified atom stereocenters. The second-order valence-electron chi connectivity index (χ2n) is 5.67. The standard InChI is InChI=1S/C14H26N2O.ClH/c17-14(16-13-8-5-9-15-11-13)10-12-6-3-1-2-4-7-12;/h12-13,15H,1-11H2,(H,16,17);1H/t13-;/m0./s1. The first-order valence-electron chi connectivity index (χ1n) is 7.34. The Kier molecular flexibility index (Phi) is 7.68. The van der Waals surface area contributed by atoms with Gasteiger partial charge in [-0.05, 0) is 38.1 Å². The van der Waals surface area contributed by atoms with Gasteiger partial charge in [0.25, 0.3) is 0 Å². The van der Waals surface area contributed by atoms with Gasteiger partial charge >= 0.3 is 0 Å². The summed E-state index contributed by atoms with van der Waals surface area (Å²) in [6.45, 7) is 2.06. The summed E-state index contributed by atoms with van der Waals surface area (Å²) in [6.07, 6.45) is 11.0. The van der Waals surface area contributed by atoms with Crippen LogP contribution >= 0.6 is 12.4 Å². The van der Waals surface area contributed by atoms with Gasteiger partial charge in [-0.1, -0.05) is 25.7 Å². The Labute approximate surface area is 117 Å². The van der Waals surface area contributed by atoms with Gasteiger partial charge in [0.05, 0.1) is 0 Å². The van der Waals surface area contributed by atoms with Crippen LogP contribution in [0.25, 0.3) is 0 Å². The number of halogens is 1. The van der Waals surface area contributed by atoms with E-state index < -0.39 is 0 Å². The lowest BCUT2D eigenvalue weighted by Crippen LogP contribution is -2.45. The highest BCUT2D eigenvalue weighted by molar-refractivity contribution is 5.85. The van der Waals surface area contributed by atoms with Crippen LogP contribution in [0.2, 0.25) is 0 Å². The quantitative estimate of drug-likeness (QED) is 0.777. The van der Waals surface area contributed by atoms with Crippen LogP contribution in [-0.2, 0) is 4.79 Å². The van der Waals surface area contributed by atoms with E-state index in [-0.39, 0.29) is 18.3 Å². The molecular weight excluding hydrogens is 248 g/mol. The third-order valence-electron chi connectivity index (χ3n) is 4.11. The van der Waals surface area contributed by atoms with Crippen LogP contribution in [0.15, 0.2) is 0 Å². The fraction of sp³-hybridized carbons (Fsp3) is 0.929. The molecule has 2 aliphatic rings. The molecule has 1 atom stereocenters. The predicted molar refractivity (Wildman–Crippen MR) is 77.1 cm³/mol. The summed E-state index contributed by atoms with van der Waals surface area (Å²) in [7, 11) is 0. The highest BCUT2D eigenvalue weighted by atomic mass is 35.5. The molecule has 1 aliphatic carbocycles. The van der Waals surface area contributed by atoms with Crippen molar-refractivity contribution in [1.29, 1.82) is 0 Å². The van der Waals surface area contributed by atoms with Crippen molar-refractivity contribution in [3.63, 3.8) is 0 Å². The molecule has 3 nitrogen and oxygen atoms in total. The number of nitrogens with one attached hydrogen (secondary N) is 2. The van der Waals surface area contributed by atoms with E-state index in [9.17, 15) is 4.79 Å². The summed E-state index contributed by atoms with van der Waals surface area (Å²) in [5.41, 5.74) is 0. The molecule has 0 aromatic rings. The van der Waals surface area contributed by atoms with Crippen molar-refractivity contribution in [3.05, 3.63) is 0 Å². The van der Waals surface area contributed by atoms with Crippen molar-refractivity contribution in [2.45, 2.75) is 63.8 Å². The Morgan fingerprint density at radius 2 is 1.78 bits per heavy atom. The van der Waals surface area contributed by atoms with Gasteiger partial charge in [-0.2, -0.15) is 0 Å². The Morgan fingerprint density at radius 3 is 2.39 bits per heavy atom. The minimum Gasteiger partial charge on any atom is -0.352 e. The lowest BCUT2D eigenvalue weighted by atomic mass is 9.96. The number of carbonyl (C=O) groups is 1. The fourth-order valence-electron chi connectivity index (χ4n) is 3.09. The molecule has 1 saturated carbocycles. The van der Waals surface area contributed by atoms with Crippen LogP contribution < -0.4 is 10.6 Å². The maximum atomic E-state index is 12.0. The summed E-state index contributed by atoms with van der Waals surface area (Å²) in [4.78, 5) is 12.0. The number of hydrogen-bond donors (Lipinski definition) is 2. The normalized spacial score (nSPS) is 25.9. The lowest BCUT2D eigenvalue weighted by molar-refractivity contribution is -0.122. The van der Waals surface area contributed by atoms with Crippen molar-refractivity contribution in [3.8, 4) is 0 Å². The van der Waals surface area contributed by atoms with Gasteiger partial charge < -0.3 is 10.6 Å². The number of amides is 1. The van der Waals surface area contributed by atoms with Gasteiger partial charge in [0, 0.05) is 19.0 Å². The first-order chi connectivity index (χ1) is 8.34. The maximum absolute atomic E-state index is 12.0. The maximum Gasteiger partial charge on any atom is 0.220 e. The molecule has 18 heavy (non-hydrogen) atoms. The molecule has 0 spiro atoms. The van der Waals surface area contributed by atoms with Gasteiger partial charge in [0.2, 0.25) is 5.91 Å². The van der Waals surface area contributed by atoms with E-state index >= 15 is 0 Å². The molecule has 106 valence electrons. The Balaban J connectivity index is 0.00000162. The summed E-state index contributed by atoms with van der Waals surface area (Å²) in [6, 6.07) is 0.377. The van der Waals surface area contributed by atoms with Crippen molar-refractivity contribution in [2.24, 2.45) is 5.92 Å². The molecule has 1 heterocycles. The third kappa shape index (κ3) is 5.57.